The fourth-order valence-corrected chi connectivity index (χ4v) is 4.74. The van der Waals surface area contributed by atoms with E-state index < -0.39 is 11.9 Å². The molecule has 0 unspecified atom stereocenters. The molecule has 0 aromatic heterocycles. The lowest BCUT2D eigenvalue weighted by molar-refractivity contribution is -0.137. The zero-order chi connectivity index (χ0) is 28.2. The van der Waals surface area contributed by atoms with Gasteiger partial charge in [-0.3, -0.25) is 9.59 Å². The molecule has 4 nitrogen and oxygen atoms in total. The molecule has 0 rings (SSSR count). The Balaban J connectivity index is -0.000000471. The third kappa shape index (κ3) is 52.5. The van der Waals surface area contributed by atoms with E-state index in [2.05, 4.69) is 27.7 Å². The molecule has 0 heterocycles. The van der Waals surface area contributed by atoms with Crippen LogP contribution in [0.4, 0.5) is 0 Å². The normalized spacial score (nSPS) is 10.3. The fraction of sp³-hybridized carbons (Fsp3) is 0.938. The summed E-state index contributed by atoms with van der Waals surface area (Å²) in [5.41, 5.74) is 0. The van der Waals surface area contributed by atoms with Crippen LogP contribution in [0.3, 0.4) is 0 Å². The van der Waals surface area contributed by atoms with Crippen LogP contribution in [0.1, 0.15) is 182 Å². The maximum Gasteiger partial charge on any atom is 0.304 e. The molecule has 0 saturated heterocycles. The Bertz CT molecular complexity index is 371. The van der Waals surface area contributed by atoms with Crippen molar-refractivity contribution in [3.05, 3.63) is 0 Å². The lowest BCUT2D eigenvalue weighted by Crippen LogP contribution is -1.99. The lowest BCUT2D eigenvalue weighted by Gasteiger charge is -2.00. The van der Waals surface area contributed by atoms with Crippen molar-refractivity contribution >= 4 is 23.7 Å². The van der Waals surface area contributed by atoms with Crippen LogP contribution >= 0.6 is 11.8 Å². The number of thioether (sulfide) groups is 1. The maximum atomic E-state index is 9.97. The van der Waals surface area contributed by atoms with Crippen molar-refractivity contribution < 1.29 is 19.8 Å². The molecule has 224 valence electrons. The van der Waals surface area contributed by atoms with E-state index in [1.54, 1.807) is 0 Å². The van der Waals surface area contributed by atoms with Crippen LogP contribution in [0.2, 0.25) is 0 Å². The first-order chi connectivity index (χ1) is 18.0. The monoisotopic (exact) mass is 546 g/mol. The zero-order valence-electron chi connectivity index (χ0n) is 25.5. The van der Waals surface area contributed by atoms with Gasteiger partial charge in [-0.05, 0) is 0 Å². The highest BCUT2D eigenvalue weighted by atomic mass is 32.2. The standard InChI is InChI=1S/2C13H28.C6H10O4S/c2*1-3-5-7-9-11-13-12-10-8-6-4-2;7-5(8)1-3-11-4-2-6(9)10/h2*3-13H2,1-2H3;1-4H2,(H,7,8)(H,9,10). The molecule has 0 spiro atoms. The molecule has 0 saturated carbocycles. The van der Waals surface area contributed by atoms with Crippen molar-refractivity contribution in [2.24, 2.45) is 0 Å². The largest absolute Gasteiger partial charge is 0.481 e. The predicted octanol–water partition coefficient (Wildman–Crippen LogP) is 11.3. The highest BCUT2D eigenvalue weighted by molar-refractivity contribution is 7.99. The molecular formula is C32H66O4S. The van der Waals surface area contributed by atoms with E-state index in [-0.39, 0.29) is 12.8 Å². The summed E-state index contributed by atoms with van der Waals surface area (Å²) in [5.74, 6) is -0.703. The minimum atomic E-state index is -0.840. The maximum absolute atomic E-state index is 9.97. The molecule has 2 N–H and O–H groups in total. The van der Waals surface area contributed by atoms with E-state index in [4.69, 9.17) is 10.2 Å². The number of rotatable bonds is 26. The van der Waals surface area contributed by atoms with Crippen molar-refractivity contribution in [1.82, 2.24) is 0 Å². The van der Waals surface area contributed by atoms with Gasteiger partial charge in [-0.1, -0.05) is 169 Å². The Labute approximate surface area is 236 Å². The van der Waals surface area contributed by atoms with Crippen molar-refractivity contribution in [3.8, 4) is 0 Å². The van der Waals surface area contributed by atoms with Crippen LogP contribution in [0.15, 0.2) is 0 Å². The van der Waals surface area contributed by atoms with Gasteiger partial charge in [0.1, 0.15) is 0 Å². The van der Waals surface area contributed by atoms with Gasteiger partial charge in [0.2, 0.25) is 0 Å². The van der Waals surface area contributed by atoms with Crippen molar-refractivity contribution in [2.45, 2.75) is 182 Å². The minimum Gasteiger partial charge on any atom is -0.481 e. The van der Waals surface area contributed by atoms with Gasteiger partial charge >= 0.3 is 11.9 Å². The van der Waals surface area contributed by atoms with Crippen molar-refractivity contribution in [2.75, 3.05) is 11.5 Å². The number of carbonyl (C=O) groups is 2. The molecule has 0 radical (unpaired) electrons. The molecule has 0 atom stereocenters. The first-order valence-corrected chi connectivity index (χ1v) is 17.1. The van der Waals surface area contributed by atoms with Gasteiger partial charge in [0.25, 0.3) is 0 Å². The molecule has 0 aliphatic rings. The average Bonchev–Trinajstić information content (AvgIpc) is 2.87. The van der Waals surface area contributed by atoms with Crippen LogP contribution in [0.5, 0.6) is 0 Å². The van der Waals surface area contributed by atoms with Gasteiger partial charge in [0.15, 0.2) is 0 Å². The molecule has 0 aromatic carbocycles. The van der Waals surface area contributed by atoms with E-state index in [0.717, 1.165) is 0 Å². The van der Waals surface area contributed by atoms with Crippen LogP contribution in [0, 0.1) is 0 Å². The SMILES string of the molecule is CCCCCCCCCCCCC.CCCCCCCCCCCCC.O=C(O)CCSCCC(=O)O. The molecular weight excluding hydrogens is 480 g/mol. The van der Waals surface area contributed by atoms with Crippen molar-refractivity contribution in [1.29, 1.82) is 0 Å². The van der Waals surface area contributed by atoms with Gasteiger partial charge in [-0.2, -0.15) is 11.8 Å². The summed E-state index contributed by atoms with van der Waals surface area (Å²) in [6.07, 6.45) is 32.1. The highest BCUT2D eigenvalue weighted by Crippen LogP contribution is 2.12. The summed E-state index contributed by atoms with van der Waals surface area (Å²) in [6, 6.07) is 0. The smallest absolute Gasteiger partial charge is 0.304 e. The number of carboxylic acid groups (broad SMARTS) is 2. The topological polar surface area (TPSA) is 74.6 Å². The quantitative estimate of drug-likeness (QED) is 0.105. The van der Waals surface area contributed by atoms with Crippen LogP contribution < -0.4 is 0 Å². The summed E-state index contributed by atoms with van der Waals surface area (Å²) in [4.78, 5) is 19.9. The number of aliphatic carboxylic acids is 2. The third-order valence-electron chi connectivity index (χ3n) is 6.33. The molecule has 0 bridgehead atoms. The minimum absolute atomic E-state index is 0.101. The summed E-state index contributed by atoms with van der Waals surface area (Å²) in [6.45, 7) is 9.13. The second kappa shape index (κ2) is 39.8. The van der Waals surface area contributed by atoms with Gasteiger partial charge in [0, 0.05) is 11.5 Å². The first-order valence-electron chi connectivity index (χ1n) is 16.0. The Morgan fingerprint density at radius 2 is 0.595 bits per heavy atom. The predicted molar refractivity (Wildman–Crippen MR) is 166 cm³/mol. The lowest BCUT2D eigenvalue weighted by atomic mass is 10.1. The van der Waals surface area contributed by atoms with Crippen LogP contribution in [0.25, 0.3) is 0 Å². The number of unbranched alkanes of at least 4 members (excludes halogenated alkanes) is 20. The van der Waals surface area contributed by atoms with Gasteiger partial charge < -0.3 is 10.2 Å². The number of hydrogen-bond acceptors (Lipinski definition) is 3. The van der Waals surface area contributed by atoms with Gasteiger partial charge in [-0.15, -0.1) is 0 Å². The van der Waals surface area contributed by atoms with Gasteiger partial charge in [0.05, 0.1) is 12.8 Å². The summed E-state index contributed by atoms with van der Waals surface area (Å²) in [7, 11) is 0. The molecule has 0 aliphatic heterocycles. The van der Waals surface area contributed by atoms with Crippen LogP contribution in [-0.4, -0.2) is 33.7 Å². The van der Waals surface area contributed by atoms with E-state index in [1.807, 2.05) is 0 Å². The molecule has 37 heavy (non-hydrogen) atoms. The highest BCUT2D eigenvalue weighted by Gasteiger charge is 1.99. The molecule has 0 aliphatic carbocycles. The van der Waals surface area contributed by atoms with E-state index in [9.17, 15) is 9.59 Å². The molecule has 5 heteroatoms. The van der Waals surface area contributed by atoms with E-state index >= 15 is 0 Å². The summed E-state index contributed by atoms with van der Waals surface area (Å²) in [5, 5.41) is 16.4. The number of carboxylic acids is 2. The third-order valence-corrected chi connectivity index (χ3v) is 7.32. The fourth-order valence-electron chi connectivity index (χ4n) is 3.90. The second-order valence-corrected chi connectivity index (χ2v) is 11.5. The van der Waals surface area contributed by atoms with Gasteiger partial charge in [-0.25, -0.2) is 0 Å². The van der Waals surface area contributed by atoms with Crippen molar-refractivity contribution in [3.63, 3.8) is 0 Å². The molecule has 0 amide bonds. The summed E-state index contributed by atoms with van der Waals surface area (Å²) < 4.78 is 0. The Hall–Kier alpha value is -0.710. The average molecular weight is 547 g/mol. The Morgan fingerprint density at radius 1 is 0.405 bits per heavy atom. The zero-order valence-corrected chi connectivity index (χ0v) is 26.3. The van der Waals surface area contributed by atoms with Crippen LogP contribution in [-0.2, 0) is 9.59 Å². The van der Waals surface area contributed by atoms with E-state index in [1.165, 1.54) is 153 Å². The summed E-state index contributed by atoms with van der Waals surface area (Å²) >= 11 is 1.35. The Kier molecular flexibility index (Phi) is 43.9. The van der Waals surface area contributed by atoms with E-state index in [0.29, 0.717) is 11.5 Å². The molecule has 0 fully saturated rings. The molecule has 0 aromatic rings. The number of hydrogen-bond donors (Lipinski definition) is 2. The second-order valence-electron chi connectivity index (χ2n) is 10.3. The Morgan fingerprint density at radius 3 is 0.757 bits per heavy atom. The first kappa shape index (κ1) is 40.8.